The summed E-state index contributed by atoms with van der Waals surface area (Å²) in [6.45, 7) is 0. The van der Waals surface area contributed by atoms with Crippen molar-refractivity contribution in [1.29, 1.82) is 0 Å². The normalized spacial score (nSPS) is 12.6. The van der Waals surface area contributed by atoms with Gasteiger partial charge >= 0.3 is 23.9 Å². The zero-order valence-corrected chi connectivity index (χ0v) is 26.6. The van der Waals surface area contributed by atoms with Crippen molar-refractivity contribution in [3.05, 3.63) is 101 Å². The fraction of sp³-hybridized carbons (Fsp3) is 0.111. The largest absolute Gasteiger partial charge is 0.504 e. The van der Waals surface area contributed by atoms with Crippen molar-refractivity contribution < 1.29 is 79.7 Å². The molecule has 0 heterocycles. The summed E-state index contributed by atoms with van der Waals surface area (Å²) in [5.41, 5.74) is -1.03. The van der Waals surface area contributed by atoms with E-state index in [1.165, 1.54) is 18.2 Å². The lowest BCUT2D eigenvalue weighted by molar-refractivity contribution is -0.160. The van der Waals surface area contributed by atoms with Crippen molar-refractivity contribution in [2.24, 2.45) is 0 Å². The lowest BCUT2D eigenvalue weighted by Gasteiger charge is -2.18. The van der Waals surface area contributed by atoms with Crippen molar-refractivity contribution in [2.45, 2.75) is 25.0 Å². The lowest BCUT2D eigenvalue weighted by Crippen LogP contribution is -2.29. The molecule has 16 heteroatoms. The molecule has 10 N–H and O–H groups in total. The topological polar surface area (TPSA) is 289 Å². The van der Waals surface area contributed by atoms with E-state index in [1.807, 2.05) is 0 Å². The molecule has 16 nitrogen and oxygen atoms in total. The predicted molar refractivity (Wildman–Crippen MR) is 178 cm³/mol. The zero-order chi connectivity index (χ0) is 38.3. The molecule has 2 atom stereocenters. The summed E-state index contributed by atoms with van der Waals surface area (Å²) in [6.07, 6.45) is -1.92. The Morgan fingerprint density at radius 1 is 0.577 bits per heavy atom. The molecule has 0 bridgehead atoms. The Morgan fingerprint density at radius 3 is 1.56 bits per heavy atom. The van der Waals surface area contributed by atoms with Gasteiger partial charge in [-0.15, -0.1) is 0 Å². The lowest BCUT2D eigenvalue weighted by atomic mass is 9.95. The Bertz CT molecular complexity index is 2100. The Hall–Kier alpha value is -7.36. The second-order valence-corrected chi connectivity index (χ2v) is 11.1. The van der Waals surface area contributed by atoms with Gasteiger partial charge in [-0.3, -0.25) is 0 Å². The van der Waals surface area contributed by atoms with E-state index >= 15 is 0 Å². The van der Waals surface area contributed by atoms with E-state index in [4.69, 9.17) is 9.47 Å². The minimum absolute atomic E-state index is 0.000712. The maximum Gasteiger partial charge on any atom is 0.345 e. The van der Waals surface area contributed by atoms with Gasteiger partial charge in [-0.05, 0) is 76.9 Å². The molecule has 270 valence electrons. The number of aromatic hydroxyl groups is 8. The molecule has 0 aliphatic carbocycles. The number of carbonyl (C=O) groups is 4. The highest BCUT2D eigenvalue weighted by Crippen LogP contribution is 2.39. The first-order valence-electron chi connectivity index (χ1n) is 14.9. The van der Waals surface area contributed by atoms with Crippen LogP contribution in [0.5, 0.6) is 46.0 Å². The first kappa shape index (κ1) is 37.5. The first-order valence-corrected chi connectivity index (χ1v) is 14.9. The van der Waals surface area contributed by atoms with Crippen LogP contribution in [0.4, 0.5) is 0 Å². The standard InChI is InChI=1S/C36H30O16/c37-22-6-1-17(12-26(22)41)11-21(36(50)52-30(35(48)49)16-19-3-8-24(39)28(43)14-19)32-20(4-9-25(40)33(32)45)5-10-31(44)51-29(34(46)47)15-18-2-7-23(38)27(42)13-18/h1-14,29-30,37-43,45H,15-16H2,(H,46,47)(H,48,49)/b10-5-,21-11+/t29-,30-/m1/s1. The van der Waals surface area contributed by atoms with E-state index in [0.29, 0.717) is 0 Å². The highest BCUT2D eigenvalue weighted by Gasteiger charge is 2.29. The average Bonchev–Trinajstić information content (AvgIpc) is 3.08. The second kappa shape index (κ2) is 15.9. The number of esters is 2. The van der Waals surface area contributed by atoms with Gasteiger partial charge in [-0.1, -0.05) is 24.3 Å². The number of hydrogen-bond donors (Lipinski definition) is 10. The average molecular weight is 719 g/mol. The molecule has 0 aliphatic heterocycles. The summed E-state index contributed by atoms with van der Waals surface area (Å²) in [7, 11) is 0. The van der Waals surface area contributed by atoms with Gasteiger partial charge in [0.15, 0.2) is 46.0 Å². The van der Waals surface area contributed by atoms with Crippen molar-refractivity contribution in [3.63, 3.8) is 0 Å². The van der Waals surface area contributed by atoms with Crippen LogP contribution in [-0.2, 0) is 41.5 Å². The number of ether oxygens (including phenoxy) is 2. The van der Waals surface area contributed by atoms with Gasteiger partial charge in [0.1, 0.15) is 0 Å². The fourth-order valence-corrected chi connectivity index (χ4v) is 4.76. The maximum atomic E-state index is 13.8. The summed E-state index contributed by atoms with van der Waals surface area (Å²) >= 11 is 0. The van der Waals surface area contributed by atoms with E-state index in [9.17, 15) is 70.2 Å². The number of rotatable bonds is 13. The molecule has 0 aromatic heterocycles. The molecule has 0 saturated heterocycles. The summed E-state index contributed by atoms with van der Waals surface area (Å²) in [5.74, 6) is -10.8. The van der Waals surface area contributed by atoms with Gasteiger partial charge in [0.05, 0.1) is 5.57 Å². The molecule has 0 amide bonds. The molecule has 0 saturated carbocycles. The summed E-state index contributed by atoms with van der Waals surface area (Å²) in [4.78, 5) is 50.5. The Labute approximate surface area is 292 Å². The zero-order valence-electron chi connectivity index (χ0n) is 26.6. The number of carboxylic acids is 2. The Balaban J connectivity index is 1.73. The third kappa shape index (κ3) is 9.20. The van der Waals surface area contributed by atoms with Crippen molar-refractivity contribution in [3.8, 4) is 46.0 Å². The van der Waals surface area contributed by atoms with Crippen molar-refractivity contribution in [1.82, 2.24) is 0 Å². The van der Waals surface area contributed by atoms with E-state index in [1.54, 1.807) is 0 Å². The van der Waals surface area contributed by atoms with E-state index < -0.39 is 106 Å². The van der Waals surface area contributed by atoms with Crippen molar-refractivity contribution >= 4 is 41.6 Å². The van der Waals surface area contributed by atoms with Gasteiger partial charge in [0.25, 0.3) is 0 Å². The molecule has 0 unspecified atom stereocenters. The minimum atomic E-state index is -1.93. The van der Waals surface area contributed by atoms with Gasteiger partial charge in [-0.25, -0.2) is 19.2 Å². The second-order valence-electron chi connectivity index (χ2n) is 11.1. The van der Waals surface area contributed by atoms with Crippen LogP contribution in [0.25, 0.3) is 17.7 Å². The van der Waals surface area contributed by atoms with Crippen LogP contribution in [0.15, 0.2) is 72.8 Å². The first-order chi connectivity index (χ1) is 24.5. The van der Waals surface area contributed by atoms with Crippen LogP contribution < -0.4 is 0 Å². The number of aliphatic carboxylic acids is 2. The van der Waals surface area contributed by atoms with Crippen LogP contribution in [0.3, 0.4) is 0 Å². The maximum absolute atomic E-state index is 13.8. The predicted octanol–water partition coefficient (Wildman–Crippen LogP) is 3.36. The highest BCUT2D eigenvalue weighted by atomic mass is 16.6. The van der Waals surface area contributed by atoms with Crippen LogP contribution >= 0.6 is 0 Å². The summed E-state index contributed by atoms with van der Waals surface area (Å²) in [6, 6.07) is 12.3. The monoisotopic (exact) mass is 718 g/mol. The summed E-state index contributed by atoms with van der Waals surface area (Å²) < 4.78 is 10.3. The molecule has 4 aromatic rings. The fourth-order valence-electron chi connectivity index (χ4n) is 4.76. The van der Waals surface area contributed by atoms with Crippen LogP contribution in [0.1, 0.15) is 27.8 Å². The smallest absolute Gasteiger partial charge is 0.345 e. The van der Waals surface area contributed by atoms with Crippen molar-refractivity contribution in [2.75, 3.05) is 0 Å². The Kier molecular flexibility index (Phi) is 11.5. The summed E-state index contributed by atoms with van der Waals surface area (Å²) in [5, 5.41) is 99.3. The third-order valence-corrected chi connectivity index (χ3v) is 7.37. The van der Waals surface area contributed by atoms with Crippen LogP contribution in [-0.4, -0.2) is 87.2 Å². The quantitative estimate of drug-likeness (QED) is 0.0410. The molecule has 0 radical (unpaired) electrons. The number of carbonyl (C=O) groups excluding carboxylic acids is 2. The van der Waals surface area contributed by atoms with Crippen LogP contribution in [0, 0.1) is 0 Å². The van der Waals surface area contributed by atoms with Gasteiger partial charge < -0.3 is 60.5 Å². The molecule has 0 fully saturated rings. The number of benzene rings is 4. The molecule has 4 aromatic carbocycles. The van der Waals surface area contributed by atoms with E-state index in [0.717, 1.165) is 66.8 Å². The molecule has 4 rings (SSSR count). The number of hydrogen-bond acceptors (Lipinski definition) is 14. The van der Waals surface area contributed by atoms with Crippen LogP contribution in [0.2, 0.25) is 0 Å². The van der Waals surface area contributed by atoms with Gasteiger partial charge in [0, 0.05) is 24.5 Å². The molecular formula is C36H30O16. The van der Waals surface area contributed by atoms with E-state index in [2.05, 4.69) is 0 Å². The Morgan fingerprint density at radius 2 is 1.06 bits per heavy atom. The third-order valence-electron chi connectivity index (χ3n) is 7.37. The van der Waals surface area contributed by atoms with Gasteiger partial charge in [-0.2, -0.15) is 0 Å². The van der Waals surface area contributed by atoms with E-state index in [-0.39, 0.29) is 22.3 Å². The van der Waals surface area contributed by atoms with Gasteiger partial charge in [0.2, 0.25) is 12.2 Å². The number of phenolic OH excluding ortho intramolecular Hbond substituents is 8. The number of phenols is 8. The molecular weight excluding hydrogens is 688 g/mol. The SMILES string of the molecule is O=C(/C=C\c1ccc(O)c(O)c1/C(=C\c1ccc(O)c(O)c1)C(=O)O[C@H](Cc1ccc(O)c(O)c1)C(=O)O)O[C@H](Cc1ccc(O)c(O)c1)C(=O)O. The molecule has 0 spiro atoms. The molecule has 0 aliphatic rings. The highest BCUT2D eigenvalue weighted by molar-refractivity contribution is 6.24. The number of carboxylic acid groups (broad SMARTS) is 2. The molecule has 52 heavy (non-hydrogen) atoms. The minimum Gasteiger partial charge on any atom is -0.504 e.